The van der Waals surface area contributed by atoms with Crippen molar-refractivity contribution < 1.29 is 8.42 Å². The molecule has 0 aliphatic rings. The van der Waals surface area contributed by atoms with Crippen LogP contribution in [0.25, 0.3) is 0 Å². The lowest BCUT2D eigenvalue weighted by atomic mass is 10.4. The summed E-state index contributed by atoms with van der Waals surface area (Å²) >= 11 is 0. The van der Waals surface area contributed by atoms with Crippen LogP contribution in [-0.4, -0.2) is 52.0 Å². The zero-order chi connectivity index (χ0) is 15.0. The highest BCUT2D eigenvalue weighted by Crippen LogP contribution is 2.10. The third-order valence-electron chi connectivity index (χ3n) is 2.68. The molecule has 1 heterocycles. The first kappa shape index (κ1) is 16.9. The minimum Gasteiger partial charge on any atom is -0.370 e. The molecule has 114 valence electrons. The lowest BCUT2D eigenvalue weighted by Crippen LogP contribution is -2.27. The van der Waals surface area contributed by atoms with Crippen LogP contribution in [0.2, 0.25) is 0 Å². The first-order valence-electron chi connectivity index (χ1n) is 6.80. The third kappa shape index (κ3) is 5.85. The monoisotopic (exact) mass is 300 g/mol. The van der Waals surface area contributed by atoms with Gasteiger partial charge in [0.25, 0.3) is 0 Å². The van der Waals surface area contributed by atoms with Crippen LogP contribution in [-0.2, 0) is 10.0 Å². The highest BCUT2D eigenvalue weighted by atomic mass is 32.2. The minimum absolute atomic E-state index is 0.199. The topological polar surface area (TPSA) is 74.3 Å². The summed E-state index contributed by atoms with van der Waals surface area (Å²) in [5.41, 5.74) is 0. The van der Waals surface area contributed by atoms with E-state index in [1.807, 2.05) is 19.0 Å². The average molecular weight is 300 g/mol. The van der Waals surface area contributed by atoms with E-state index >= 15 is 0 Å². The van der Waals surface area contributed by atoms with Gasteiger partial charge in [-0.25, -0.2) is 18.1 Å². The molecular weight excluding hydrogens is 276 g/mol. The number of nitrogens with one attached hydrogen (secondary N) is 2. The Hall–Kier alpha value is -1.18. The normalized spacial score (nSPS) is 11.8. The number of aromatic nitrogens is 1. The Labute approximate surface area is 121 Å². The molecule has 0 aromatic carbocycles. The molecule has 1 aromatic rings. The van der Waals surface area contributed by atoms with Gasteiger partial charge in [-0.05, 0) is 45.6 Å². The number of rotatable bonds is 9. The van der Waals surface area contributed by atoms with Crippen molar-refractivity contribution in [2.75, 3.05) is 39.0 Å². The van der Waals surface area contributed by atoms with Crippen molar-refractivity contribution in [1.29, 1.82) is 0 Å². The van der Waals surface area contributed by atoms with Crippen molar-refractivity contribution in [2.45, 2.75) is 24.7 Å². The van der Waals surface area contributed by atoms with Gasteiger partial charge in [-0.15, -0.1) is 0 Å². The van der Waals surface area contributed by atoms with Crippen LogP contribution >= 0.6 is 0 Å². The van der Waals surface area contributed by atoms with E-state index in [4.69, 9.17) is 0 Å². The fourth-order valence-corrected chi connectivity index (χ4v) is 2.60. The fraction of sp³-hybridized carbons (Fsp3) is 0.615. The van der Waals surface area contributed by atoms with Crippen LogP contribution in [0.4, 0.5) is 5.82 Å². The molecule has 0 atom stereocenters. The number of pyridine rings is 1. The molecule has 0 saturated carbocycles. The molecule has 1 aromatic heterocycles. The number of hydrogen-bond donors (Lipinski definition) is 2. The van der Waals surface area contributed by atoms with Crippen molar-refractivity contribution in [1.82, 2.24) is 14.6 Å². The first-order valence-corrected chi connectivity index (χ1v) is 8.28. The number of nitrogens with zero attached hydrogens (tertiary/aromatic N) is 2. The number of sulfonamides is 1. The van der Waals surface area contributed by atoms with Gasteiger partial charge in [0.2, 0.25) is 10.0 Å². The maximum atomic E-state index is 12.0. The summed E-state index contributed by atoms with van der Waals surface area (Å²) in [7, 11) is 0.463. The van der Waals surface area contributed by atoms with E-state index in [0.717, 1.165) is 25.9 Å². The summed E-state index contributed by atoms with van der Waals surface area (Å²) in [6.45, 7) is 4.16. The second-order valence-corrected chi connectivity index (χ2v) is 6.63. The summed E-state index contributed by atoms with van der Waals surface area (Å²) in [6.07, 6.45) is 3.15. The molecular formula is C13H24N4O2S. The molecule has 20 heavy (non-hydrogen) atoms. The van der Waals surface area contributed by atoms with Crippen LogP contribution in [0.5, 0.6) is 0 Å². The molecule has 6 nitrogen and oxygen atoms in total. The molecule has 0 aliphatic carbocycles. The predicted octanol–water partition coefficient (Wildman–Crippen LogP) is 1.13. The van der Waals surface area contributed by atoms with E-state index in [1.54, 1.807) is 12.1 Å². The standard InChI is InChI=1S/C13H24N4O2S/c1-4-8-14-13-7-6-12(11-15-13)20(18,19)16-9-5-10-17(2)3/h6-7,11,16H,4-5,8-10H2,1-3H3,(H,14,15). The van der Waals surface area contributed by atoms with Crippen molar-refractivity contribution >= 4 is 15.8 Å². The van der Waals surface area contributed by atoms with Crippen molar-refractivity contribution in [2.24, 2.45) is 0 Å². The summed E-state index contributed by atoms with van der Waals surface area (Å²) in [4.78, 5) is 6.32. The molecule has 1 rings (SSSR count). The Morgan fingerprint density at radius 1 is 1.25 bits per heavy atom. The third-order valence-corrected chi connectivity index (χ3v) is 4.12. The molecule has 0 saturated heterocycles. The van der Waals surface area contributed by atoms with Crippen LogP contribution < -0.4 is 10.0 Å². The largest absolute Gasteiger partial charge is 0.370 e. The van der Waals surface area contributed by atoms with E-state index in [0.29, 0.717) is 12.4 Å². The van der Waals surface area contributed by atoms with Gasteiger partial charge >= 0.3 is 0 Å². The smallest absolute Gasteiger partial charge is 0.242 e. The number of anilines is 1. The first-order chi connectivity index (χ1) is 9.45. The number of hydrogen-bond acceptors (Lipinski definition) is 5. The summed E-state index contributed by atoms with van der Waals surface area (Å²) in [5, 5.41) is 3.11. The van der Waals surface area contributed by atoms with E-state index in [1.165, 1.54) is 6.20 Å². The lowest BCUT2D eigenvalue weighted by Gasteiger charge is -2.10. The van der Waals surface area contributed by atoms with Gasteiger partial charge in [0.1, 0.15) is 10.7 Å². The van der Waals surface area contributed by atoms with Gasteiger partial charge in [0, 0.05) is 19.3 Å². The van der Waals surface area contributed by atoms with Crippen LogP contribution in [0.1, 0.15) is 19.8 Å². The summed E-state index contributed by atoms with van der Waals surface area (Å²) < 4.78 is 26.6. The van der Waals surface area contributed by atoms with E-state index in [9.17, 15) is 8.42 Å². The van der Waals surface area contributed by atoms with Crippen LogP contribution in [0.15, 0.2) is 23.2 Å². The van der Waals surface area contributed by atoms with Crippen molar-refractivity contribution in [3.05, 3.63) is 18.3 Å². The van der Waals surface area contributed by atoms with Gasteiger partial charge in [-0.3, -0.25) is 0 Å². The Morgan fingerprint density at radius 3 is 2.55 bits per heavy atom. The zero-order valence-corrected chi connectivity index (χ0v) is 13.2. The molecule has 0 aliphatic heterocycles. The van der Waals surface area contributed by atoms with Crippen molar-refractivity contribution in [3.63, 3.8) is 0 Å². The van der Waals surface area contributed by atoms with Crippen LogP contribution in [0.3, 0.4) is 0 Å². The summed E-state index contributed by atoms with van der Waals surface area (Å²) in [5.74, 6) is 0.693. The average Bonchev–Trinajstić information content (AvgIpc) is 2.42. The van der Waals surface area contributed by atoms with Crippen molar-refractivity contribution in [3.8, 4) is 0 Å². The molecule has 0 unspecified atom stereocenters. The Kier molecular flexibility index (Phi) is 6.90. The molecule has 0 spiro atoms. The maximum Gasteiger partial charge on any atom is 0.242 e. The fourth-order valence-electron chi connectivity index (χ4n) is 1.58. The molecule has 0 bridgehead atoms. The maximum absolute atomic E-state index is 12.0. The highest BCUT2D eigenvalue weighted by molar-refractivity contribution is 7.89. The van der Waals surface area contributed by atoms with Gasteiger partial charge < -0.3 is 10.2 Å². The summed E-state index contributed by atoms with van der Waals surface area (Å²) in [6, 6.07) is 3.25. The molecule has 2 N–H and O–H groups in total. The molecule has 0 fully saturated rings. The quantitative estimate of drug-likeness (QED) is 0.669. The Balaban J connectivity index is 2.54. The van der Waals surface area contributed by atoms with Gasteiger partial charge in [-0.1, -0.05) is 6.92 Å². The van der Waals surface area contributed by atoms with E-state index in [-0.39, 0.29) is 4.90 Å². The lowest BCUT2D eigenvalue weighted by molar-refractivity contribution is 0.400. The van der Waals surface area contributed by atoms with Gasteiger partial charge in [0.05, 0.1) is 0 Å². The molecule has 7 heteroatoms. The zero-order valence-electron chi connectivity index (χ0n) is 12.4. The van der Waals surface area contributed by atoms with E-state index < -0.39 is 10.0 Å². The molecule has 0 radical (unpaired) electrons. The molecule has 0 amide bonds. The second kappa shape index (κ2) is 8.18. The highest BCUT2D eigenvalue weighted by Gasteiger charge is 2.13. The SMILES string of the molecule is CCCNc1ccc(S(=O)(=O)NCCCN(C)C)cn1. The predicted molar refractivity (Wildman–Crippen MR) is 81.4 cm³/mol. The van der Waals surface area contributed by atoms with Gasteiger partial charge in [-0.2, -0.15) is 0 Å². The second-order valence-electron chi connectivity index (χ2n) is 4.86. The van der Waals surface area contributed by atoms with Gasteiger partial charge in [0.15, 0.2) is 0 Å². The van der Waals surface area contributed by atoms with E-state index in [2.05, 4.69) is 21.9 Å². The Bertz CT molecular complexity index is 486. The Morgan fingerprint density at radius 2 is 2.00 bits per heavy atom. The van der Waals surface area contributed by atoms with Crippen LogP contribution in [0, 0.1) is 0 Å². The minimum atomic E-state index is -3.45.